The van der Waals surface area contributed by atoms with Crippen LogP contribution in [0.4, 0.5) is 11.6 Å². The molecule has 0 radical (unpaired) electrons. The van der Waals surface area contributed by atoms with E-state index in [9.17, 15) is 4.79 Å². The van der Waals surface area contributed by atoms with Gasteiger partial charge in [-0.25, -0.2) is 9.97 Å². The largest absolute Gasteiger partial charge is 0.329 e. The highest BCUT2D eigenvalue weighted by Crippen LogP contribution is 2.16. The molecule has 2 aromatic rings. The quantitative estimate of drug-likeness (QED) is 0.667. The van der Waals surface area contributed by atoms with E-state index in [2.05, 4.69) is 20.6 Å². The summed E-state index contributed by atoms with van der Waals surface area (Å²) in [5.41, 5.74) is 2.65. The topological polar surface area (TPSA) is 90.7 Å². The third-order valence-electron chi connectivity index (χ3n) is 2.91. The molecule has 0 fully saturated rings. The fraction of sp³-hybridized carbons (Fsp3) is 0.125. The maximum absolute atomic E-state index is 12.1. The van der Waals surface area contributed by atoms with E-state index in [0.717, 1.165) is 11.1 Å². The van der Waals surface area contributed by atoms with Gasteiger partial charge in [-0.05, 0) is 31.5 Å². The average Bonchev–Trinajstić information content (AvgIpc) is 2.52. The molecule has 1 heterocycles. The van der Waals surface area contributed by atoms with Gasteiger partial charge in [-0.15, -0.1) is 0 Å². The van der Waals surface area contributed by atoms with Gasteiger partial charge in [0.2, 0.25) is 5.95 Å². The number of carbonyl (C=O) groups is 1. The van der Waals surface area contributed by atoms with Crippen molar-refractivity contribution in [3.05, 3.63) is 59.6 Å². The minimum absolute atomic E-state index is 0.0626. The van der Waals surface area contributed by atoms with Crippen molar-refractivity contribution in [1.29, 1.82) is 5.26 Å². The molecule has 0 spiro atoms. The molecule has 2 N–H and O–H groups in total. The Hall–Kier alpha value is -3.20. The number of anilines is 2. The zero-order valence-corrected chi connectivity index (χ0v) is 12.3. The smallest absolute Gasteiger partial charge is 0.267 e. The molecule has 6 heteroatoms. The summed E-state index contributed by atoms with van der Waals surface area (Å²) in [7, 11) is 0. The van der Waals surface area contributed by atoms with Crippen LogP contribution < -0.4 is 10.6 Å². The van der Waals surface area contributed by atoms with Crippen molar-refractivity contribution in [1.82, 2.24) is 9.97 Å². The number of nitriles is 1. The van der Waals surface area contributed by atoms with Gasteiger partial charge in [-0.1, -0.05) is 17.7 Å². The van der Waals surface area contributed by atoms with Crippen LogP contribution in [0.2, 0.25) is 0 Å². The van der Waals surface area contributed by atoms with Gasteiger partial charge < -0.3 is 10.6 Å². The number of aromatic nitrogens is 2. The first kappa shape index (κ1) is 15.2. The predicted octanol–water partition coefficient (Wildman–Crippen LogP) is 2.55. The Bertz CT molecular complexity index is 747. The third-order valence-corrected chi connectivity index (χ3v) is 2.91. The molecular formula is C16H15N5O. The number of hydrogen-bond acceptors (Lipinski definition) is 5. The first-order chi connectivity index (χ1) is 10.6. The number of nitrogens with one attached hydrogen (secondary N) is 2. The minimum atomic E-state index is -0.488. The molecule has 0 aliphatic carbocycles. The Kier molecular flexibility index (Phi) is 4.83. The van der Waals surface area contributed by atoms with E-state index in [1.807, 2.05) is 38.1 Å². The van der Waals surface area contributed by atoms with E-state index in [1.54, 1.807) is 18.5 Å². The molecule has 0 saturated heterocycles. The normalized spacial score (nSPS) is 10.7. The lowest BCUT2D eigenvalue weighted by Gasteiger charge is -2.08. The predicted molar refractivity (Wildman–Crippen MR) is 83.9 cm³/mol. The van der Waals surface area contributed by atoms with Gasteiger partial charge in [0.25, 0.3) is 5.91 Å². The standard InChI is InChI=1S/C16H15N5O/c1-11-4-5-14(12(2)8-11)21-15(22)13(9-17)10-20-16-18-6-3-7-19-16/h3-8,10H,1-2H3,(H,21,22)(H,18,19,20)/b13-10-. The molecule has 0 bridgehead atoms. The van der Waals surface area contributed by atoms with Crippen LogP contribution in [-0.4, -0.2) is 15.9 Å². The number of amides is 1. The molecule has 0 saturated carbocycles. The second-order valence-corrected chi connectivity index (χ2v) is 4.66. The van der Waals surface area contributed by atoms with E-state index in [4.69, 9.17) is 5.26 Å². The number of hydrogen-bond donors (Lipinski definition) is 2. The molecule has 0 unspecified atom stereocenters. The molecule has 0 aliphatic heterocycles. The van der Waals surface area contributed by atoms with Gasteiger partial charge in [-0.3, -0.25) is 4.79 Å². The highest BCUT2D eigenvalue weighted by atomic mass is 16.1. The second-order valence-electron chi connectivity index (χ2n) is 4.66. The maximum atomic E-state index is 12.1. The highest BCUT2D eigenvalue weighted by molar-refractivity contribution is 6.07. The van der Waals surface area contributed by atoms with Gasteiger partial charge in [-0.2, -0.15) is 5.26 Å². The molecule has 6 nitrogen and oxygen atoms in total. The number of nitrogens with zero attached hydrogens (tertiary/aromatic N) is 3. The van der Waals surface area contributed by atoms with Crippen molar-refractivity contribution in [3.8, 4) is 6.07 Å². The molecule has 0 atom stereocenters. The van der Waals surface area contributed by atoms with Crippen molar-refractivity contribution >= 4 is 17.5 Å². The summed E-state index contributed by atoms with van der Waals surface area (Å²) in [5, 5.41) is 14.5. The SMILES string of the molecule is Cc1ccc(NC(=O)/C(C#N)=C\Nc2ncccn2)c(C)c1. The van der Waals surface area contributed by atoms with E-state index < -0.39 is 5.91 Å². The Balaban J connectivity index is 2.10. The van der Waals surface area contributed by atoms with Crippen LogP contribution in [0, 0.1) is 25.2 Å². The summed E-state index contributed by atoms with van der Waals surface area (Å²) in [5.74, 6) is -0.174. The Morgan fingerprint density at radius 2 is 2.00 bits per heavy atom. The lowest BCUT2D eigenvalue weighted by Crippen LogP contribution is -2.15. The van der Waals surface area contributed by atoms with Gasteiger partial charge in [0.05, 0.1) is 0 Å². The molecule has 0 aliphatic rings. The molecule has 2 rings (SSSR count). The highest BCUT2D eigenvalue weighted by Gasteiger charge is 2.10. The zero-order valence-electron chi connectivity index (χ0n) is 12.3. The fourth-order valence-corrected chi connectivity index (χ4v) is 1.80. The Morgan fingerprint density at radius 3 is 2.64 bits per heavy atom. The molecule has 22 heavy (non-hydrogen) atoms. The van der Waals surface area contributed by atoms with Crippen LogP contribution >= 0.6 is 0 Å². The number of rotatable bonds is 4. The molecular weight excluding hydrogens is 278 g/mol. The average molecular weight is 293 g/mol. The zero-order chi connectivity index (χ0) is 15.9. The number of carbonyl (C=O) groups excluding carboxylic acids is 1. The van der Waals surface area contributed by atoms with Crippen molar-refractivity contribution in [2.45, 2.75) is 13.8 Å². The van der Waals surface area contributed by atoms with Crippen molar-refractivity contribution in [2.75, 3.05) is 10.6 Å². The van der Waals surface area contributed by atoms with Crippen LogP contribution in [0.15, 0.2) is 48.4 Å². The molecule has 1 aromatic heterocycles. The van der Waals surface area contributed by atoms with E-state index in [0.29, 0.717) is 11.6 Å². The fourth-order valence-electron chi connectivity index (χ4n) is 1.80. The monoisotopic (exact) mass is 293 g/mol. The molecule has 1 amide bonds. The van der Waals surface area contributed by atoms with Gasteiger partial charge >= 0.3 is 0 Å². The van der Waals surface area contributed by atoms with E-state index >= 15 is 0 Å². The van der Waals surface area contributed by atoms with E-state index in [-0.39, 0.29) is 5.57 Å². The van der Waals surface area contributed by atoms with Crippen molar-refractivity contribution in [3.63, 3.8) is 0 Å². The van der Waals surface area contributed by atoms with Gasteiger partial charge in [0.15, 0.2) is 0 Å². The summed E-state index contributed by atoms with van der Waals surface area (Å²) in [6.45, 7) is 3.87. The first-order valence-corrected chi connectivity index (χ1v) is 6.62. The number of aryl methyl sites for hydroxylation is 2. The molecule has 1 aromatic carbocycles. The maximum Gasteiger partial charge on any atom is 0.267 e. The second kappa shape index (κ2) is 6.99. The van der Waals surface area contributed by atoms with Gasteiger partial charge in [0, 0.05) is 24.3 Å². The Labute approximate surface area is 128 Å². The van der Waals surface area contributed by atoms with Crippen molar-refractivity contribution < 1.29 is 4.79 Å². The van der Waals surface area contributed by atoms with Crippen LogP contribution in [0.25, 0.3) is 0 Å². The summed E-state index contributed by atoms with van der Waals surface area (Å²) >= 11 is 0. The van der Waals surface area contributed by atoms with E-state index in [1.165, 1.54) is 6.20 Å². The summed E-state index contributed by atoms with van der Waals surface area (Å²) in [6.07, 6.45) is 4.41. The van der Waals surface area contributed by atoms with Crippen molar-refractivity contribution in [2.24, 2.45) is 0 Å². The summed E-state index contributed by atoms with van der Waals surface area (Å²) in [6, 6.07) is 9.20. The Morgan fingerprint density at radius 1 is 1.27 bits per heavy atom. The minimum Gasteiger partial charge on any atom is -0.329 e. The van der Waals surface area contributed by atoms with Crippen LogP contribution in [0.1, 0.15) is 11.1 Å². The number of benzene rings is 1. The lowest BCUT2D eigenvalue weighted by molar-refractivity contribution is -0.112. The summed E-state index contributed by atoms with van der Waals surface area (Å²) < 4.78 is 0. The third kappa shape index (κ3) is 3.90. The van der Waals surface area contributed by atoms with Crippen LogP contribution in [-0.2, 0) is 4.79 Å². The lowest BCUT2D eigenvalue weighted by atomic mass is 10.1. The first-order valence-electron chi connectivity index (χ1n) is 6.62. The molecule has 110 valence electrons. The summed E-state index contributed by atoms with van der Waals surface area (Å²) in [4.78, 5) is 20.0. The van der Waals surface area contributed by atoms with Crippen LogP contribution in [0.3, 0.4) is 0 Å². The van der Waals surface area contributed by atoms with Crippen LogP contribution in [0.5, 0.6) is 0 Å². The van der Waals surface area contributed by atoms with Gasteiger partial charge in [0.1, 0.15) is 11.6 Å².